The summed E-state index contributed by atoms with van der Waals surface area (Å²) in [6, 6.07) is 7.23. The number of aromatic nitrogens is 4. The van der Waals surface area contributed by atoms with Crippen molar-refractivity contribution >= 4 is 5.91 Å². The van der Waals surface area contributed by atoms with E-state index in [4.69, 9.17) is 9.47 Å². The molecule has 2 heterocycles. The molecule has 0 aliphatic rings. The first-order chi connectivity index (χ1) is 16.1. The van der Waals surface area contributed by atoms with Crippen LogP contribution in [0.2, 0.25) is 0 Å². The predicted octanol–water partition coefficient (Wildman–Crippen LogP) is 3.71. The van der Waals surface area contributed by atoms with Gasteiger partial charge >= 0.3 is 0 Å². The van der Waals surface area contributed by atoms with Gasteiger partial charge in [-0.2, -0.15) is 5.10 Å². The van der Waals surface area contributed by atoms with Crippen LogP contribution < -0.4 is 14.8 Å². The van der Waals surface area contributed by atoms with Crippen LogP contribution in [0.25, 0.3) is 17.2 Å². The van der Waals surface area contributed by atoms with Crippen molar-refractivity contribution in [1.82, 2.24) is 25.1 Å². The lowest BCUT2D eigenvalue weighted by atomic mass is 9.99. The van der Waals surface area contributed by atoms with Crippen LogP contribution in [-0.2, 0) is 0 Å². The molecule has 1 amide bonds. The number of nitrogens with zero attached hydrogens (tertiary/aromatic N) is 4. The Balaban J connectivity index is 1.79. The number of rotatable bonds is 10. The van der Waals surface area contributed by atoms with Gasteiger partial charge < -0.3 is 19.9 Å². The molecule has 0 aliphatic heterocycles. The normalized spacial score (nSPS) is 12.3. The summed E-state index contributed by atoms with van der Waals surface area (Å²) >= 11 is 0. The summed E-state index contributed by atoms with van der Waals surface area (Å²) < 4.78 is 12.4. The fourth-order valence-electron chi connectivity index (χ4n) is 3.66. The summed E-state index contributed by atoms with van der Waals surface area (Å²) in [5.41, 5.74) is 1.79. The van der Waals surface area contributed by atoms with Gasteiger partial charge in [-0.3, -0.25) is 4.79 Å². The van der Waals surface area contributed by atoms with E-state index in [0.717, 1.165) is 18.4 Å². The Morgan fingerprint density at radius 1 is 1.24 bits per heavy atom. The molecule has 9 nitrogen and oxygen atoms in total. The molecular weight excluding hydrogens is 434 g/mol. The number of benzene rings is 1. The van der Waals surface area contributed by atoms with Crippen molar-refractivity contribution in [3.63, 3.8) is 0 Å². The number of carbonyl (C=O) groups is 1. The van der Waals surface area contributed by atoms with Gasteiger partial charge in [0.05, 0.1) is 43.0 Å². The minimum Gasteiger partial charge on any atom is -0.497 e. The molecule has 0 fully saturated rings. The molecule has 0 aliphatic carbocycles. The second kappa shape index (κ2) is 10.6. The number of amides is 1. The monoisotopic (exact) mass is 467 g/mol. The van der Waals surface area contributed by atoms with Crippen LogP contribution in [0.5, 0.6) is 11.5 Å². The minimum atomic E-state index is -0.703. The lowest BCUT2D eigenvalue weighted by molar-refractivity contribution is 0.0674. The number of hydrogen-bond acceptors (Lipinski definition) is 7. The number of methoxy groups -OCH3 is 2. The SMILES string of the molecule is COc1ccc(OC)c(-c2ccnc(-n3ncc(C(=O)N[C@H](C)CCCC(C)(C)O)c3C)n2)c1. The molecule has 3 aromatic rings. The van der Waals surface area contributed by atoms with Gasteiger partial charge in [0.15, 0.2) is 0 Å². The largest absolute Gasteiger partial charge is 0.497 e. The second-order valence-electron chi connectivity index (χ2n) is 8.94. The molecule has 1 atom stereocenters. The van der Waals surface area contributed by atoms with Gasteiger partial charge in [0.2, 0.25) is 0 Å². The van der Waals surface area contributed by atoms with Gasteiger partial charge in [0.25, 0.3) is 11.9 Å². The van der Waals surface area contributed by atoms with E-state index in [1.807, 2.05) is 32.0 Å². The average molecular weight is 468 g/mol. The van der Waals surface area contributed by atoms with Crippen LogP contribution in [-0.4, -0.2) is 56.6 Å². The van der Waals surface area contributed by atoms with Crippen LogP contribution in [0.1, 0.15) is 56.1 Å². The van der Waals surface area contributed by atoms with Crippen LogP contribution in [0.3, 0.4) is 0 Å². The molecule has 0 radical (unpaired) electrons. The second-order valence-corrected chi connectivity index (χ2v) is 8.94. The Labute approximate surface area is 200 Å². The van der Waals surface area contributed by atoms with Crippen molar-refractivity contribution in [2.24, 2.45) is 0 Å². The summed E-state index contributed by atoms with van der Waals surface area (Å²) in [6.45, 7) is 7.34. The van der Waals surface area contributed by atoms with E-state index in [1.54, 1.807) is 45.0 Å². The molecule has 34 heavy (non-hydrogen) atoms. The van der Waals surface area contributed by atoms with E-state index in [-0.39, 0.29) is 11.9 Å². The first kappa shape index (κ1) is 25.2. The summed E-state index contributed by atoms with van der Waals surface area (Å²) in [7, 11) is 3.20. The van der Waals surface area contributed by atoms with Gasteiger partial charge in [0.1, 0.15) is 11.5 Å². The fourth-order valence-corrected chi connectivity index (χ4v) is 3.66. The number of nitrogens with one attached hydrogen (secondary N) is 1. The highest BCUT2D eigenvalue weighted by molar-refractivity contribution is 5.95. The number of ether oxygens (including phenoxy) is 2. The third kappa shape index (κ3) is 6.11. The van der Waals surface area contributed by atoms with Gasteiger partial charge in [-0.15, -0.1) is 0 Å². The lowest BCUT2D eigenvalue weighted by Gasteiger charge is -2.19. The van der Waals surface area contributed by atoms with Crippen molar-refractivity contribution in [2.75, 3.05) is 14.2 Å². The average Bonchev–Trinajstić information content (AvgIpc) is 3.19. The molecule has 9 heteroatoms. The van der Waals surface area contributed by atoms with Gasteiger partial charge in [-0.05, 0) is 71.2 Å². The predicted molar refractivity (Wildman–Crippen MR) is 130 cm³/mol. The maximum absolute atomic E-state index is 12.8. The first-order valence-corrected chi connectivity index (χ1v) is 11.3. The van der Waals surface area contributed by atoms with Crippen LogP contribution >= 0.6 is 0 Å². The van der Waals surface area contributed by atoms with Crippen molar-refractivity contribution < 1.29 is 19.4 Å². The molecule has 0 bridgehead atoms. The lowest BCUT2D eigenvalue weighted by Crippen LogP contribution is -2.33. The molecule has 0 spiro atoms. The fraction of sp³-hybridized carbons (Fsp3) is 0.440. The van der Waals surface area contributed by atoms with Crippen LogP contribution in [0, 0.1) is 6.92 Å². The van der Waals surface area contributed by atoms with E-state index < -0.39 is 5.60 Å². The van der Waals surface area contributed by atoms with Crippen molar-refractivity contribution in [2.45, 2.75) is 58.6 Å². The Bertz CT molecular complexity index is 1140. The van der Waals surface area contributed by atoms with Gasteiger partial charge in [0, 0.05) is 17.8 Å². The molecule has 3 rings (SSSR count). The van der Waals surface area contributed by atoms with E-state index in [9.17, 15) is 9.90 Å². The van der Waals surface area contributed by atoms with E-state index in [1.165, 1.54) is 6.20 Å². The zero-order valence-electron chi connectivity index (χ0n) is 20.6. The highest BCUT2D eigenvalue weighted by Gasteiger charge is 2.20. The zero-order chi connectivity index (χ0) is 24.9. The third-order valence-electron chi connectivity index (χ3n) is 5.57. The zero-order valence-corrected chi connectivity index (χ0v) is 20.6. The topological polar surface area (TPSA) is 111 Å². The quantitative estimate of drug-likeness (QED) is 0.467. The summed E-state index contributed by atoms with van der Waals surface area (Å²) in [5.74, 6) is 1.48. The Hall–Kier alpha value is -3.46. The van der Waals surface area contributed by atoms with Crippen molar-refractivity contribution in [3.05, 3.63) is 47.9 Å². The third-order valence-corrected chi connectivity index (χ3v) is 5.57. The Kier molecular flexibility index (Phi) is 7.88. The van der Waals surface area contributed by atoms with Crippen LogP contribution in [0.4, 0.5) is 0 Å². The number of carbonyl (C=O) groups excluding carboxylic acids is 1. The number of hydrogen-bond donors (Lipinski definition) is 2. The van der Waals surface area contributed by atoms with Gasteiger partial charge in [-0.1, -0.05) is 0 Å². The standard InChI is InChI=1S/C25H33N5O4/c1-16(8-7-12-25(3,4)32)28-23(31)20-15-27-30(17(20)2)24-26-13-11-21(29-24)19-14-18(33-5)9-10-22(19)34-6/h9-11,13-16,32H,7-8,12H2,1-6H3,(H,28,31)/t16-/m1/s1. The molecule has 2 aromatic heterocycles. The maximum atomic E-state index is 12.8. The molecule has 182 valence electrons. The van der Waals surface area contributed by atoms with Gasteiger partial charge in [-0.25, -0.2) is 14.6 Å². The summed E-state index contributed by atoms with van der Waals surface area (Å²) in [5, 5.41) is 17.2. The van der Waals surface area contributed by atoms with Crippen molar-refractivity contribution in [1.29, 1.82) is 0 Å². The number of aliphatic hydroxyl groups is 1. The minimum absolute atomic E-state index is 0.0299. The molecule has 0 saturated carbocycles. The Morgan fingerprint density at radius 2 is 2.00 bits per heavy atom. The molecule has 2 N–H and O–H groups in total. The summed E-state index contributed by atoms with van der Waals surface area (Å²) in [6.07, 6.45) is 5.43. The first-order valence-electron chi connectivity index (χ1n) is 11.3. The smallest absolute Gasteiger partial charge is 0.254 e. The summed E-state index contributed by atoms with van der Waals surface area (Å²) in [4.78, 5) is 21.8. The van der Waals surface area contributed by atoms with Crippen molar-refractivity contribution in [3.8, 4) is 28.7 Å². The Morgan fingerprint density at radius 3 is 2.68 bits per heavy atom. The maximum Gasteiger partial charge on any atom is 0.254 e. The highest BCUT2D eigenvalue weighted by Crippen LogP contribution is 2.32. The van der Waals surface area contributed by atoms with E-state index in [2.05, 4.69) is 20.4 Å². The molecule has 0 saturated heterocycles. The van der Waals surface area contributed by atoms with Crippen LogP contribution in [0.15, 0.2) is 36.7 Å². The van der Waals surface area contributed by atoms with E-state index >= 15 is 0 Å². The highest BCUT2D eigenvalue weighted by atomic mass is 16.5. The molecule has 0 unspecified atom stereocenters. The van der Waals surface area contributed by atoms with E-state index in [0.29, 0.717) is 40.8 Å². The molecular formula is C25H33N5O4. The molecule has 1 aromatic carbocycles.